The van der Waals surface area contributed by atoms with Crippen molar-refractivity contribution in [1.29, 1.82) is 0 Å². The van der Waals surface area contributed by atoms with Crippen LogP contribution in [0.25, 0.3) is 76.1 Å². The quantitative estimate of drug-likeness (QED) is 0.114. The molecule has 0 atom stereocenters. The normalized spacial score (nSPS) is 11.5. The molecule has 0 aliphatic carbocycles. The third-order valence-electron chi connectivity index (χ3n) is 11.6. The molecule has 0 aliphatic rings. The molecule has 0 heterocycles. The number of ether oxygens (including phenoxy) is 4. The first kappa shape index (κ1) is 38.8. The molecule has 2 N–H and O–H groups in total. The molecule has 0 fully saturated rings. The molecule has 6 heteroatoms. The summed E-state index contributed by atoms with van der Waals surface area (Å²) in [5, 5.41) is 30.2. The summed E-state index contributed by atoms with van der Waals surface area (Å²) in [5.74, 6) is 2.87. The standard InChI is InChI=1S/C56H44O6/c57-31-33-59-49-27-23-37-11-1-5-17-45(37)53(49)55-47-19-7-3-13-39(47)25-29-51(55)61-35-41-15-9-22-44-42(16-10-21-43(41)44)36-62-52-30-26-40-14-4-8-20-48(40)56(52)54-46-18-6-2-12-38(46)24-28-50(54)60-34-32-58/h1-30,57-58H,31-36H2. The first-order valence-electron chi connectivity index (χ1n) is 21.0. The number of aliphatic hydroxyl groups excluding tert-OH is 2. The van der Waals surface area contributed by atoms with E-state index in [1.807, 2.05) is 48.5 Å². The molecule has 0 radical (unpaired) electrons. The molecule has 0 saturated carbocycles. The van der Waals surface area contributed by atoms with Crippen molar-refractivity contribution in [2.75, 3.05) is 26.4 Å². The minimum absolute atomic E-state index is 0.0891. The summed E-state index contributed by atoms with van der Waals surface area (Å²) in [6, 6.07) is 62.4. The number of hydrogen-bond acceptors (Lipinski definition) is 6. The molecular formula is C56H44O6. The molecule has 0 spiro atoms. The SMILES string of the molecule is OCCOc1ccc2ccccc2c1-c1c(OCc2cccc3c(COc4ccc5ccccc5c4-c4c(OCCO)ccc5ccccc45)cccc23)ccc2ccccc12. The summed E-state index contributed by atoms with van der Waals surface area (Å²) in [6.07, 6.45) is 0. The largest absolute Gasteiger partial charge is 0.491 e. The van der Waals surface area contributed by atoms with Crippen molar-refractivity contribution >= 4 is 53.9 Å². The van der Waals surface area contributed by atoms with Crippen LogP contribution in [0, 0.1) is 0 Å². The number of benzene rings is 10. The van der Waals surface area contributed by atoms with E-state index in [0.29, 0.717) is 24.7 Å². The Hall–Kier alpha value is -7.38. The van der Waals surface area contributed by atoms with Crippen molar-refractivity contribution in [3.63, 3.8) is 0 Å². The van der Waals surface area contributed by atoms with Gasteiger partial charge in [-0.2, -0.15) is 0 Å². The number of rotatable bonds is 14. The minimum atomic E-state index is -0.0891. The molecule has 62 heavy (non-hydrogen) atoms. The van der Waals surface area contributed by atoms with Gasteiger partial charge >= 0.3 is 0 Å². The van der Waals surface area contributed by atoms with E-state index in [4.69, 9.17) is 18.9 Å². The lowest BCUT2D eigenvalue weighted by molar-refractivity contribution is 0.202. The third kappa shape index (κ3) is 7.30. The Kier molecular flexibility index (Phi) is 10.8. The Balaban J connectivity index is 1.02. The second-order valence-electron chi connectivity index (χ2n) is 15.3. The van der Waals surface area contributed by atoms with Gasteiger partial charge in [-0.3, -0.25) is 0 Å². The topological polar surface area (TPSA) is 77.4 Å². The Morgan fingerprint density at radius 3 is 0.887 bits per heavy atom. The van der Waals surface area contributed by atoms with E-state index in [1.165, 1.54) is 0 Å². The highest BCUT2D eigenvalue weighted by Gasteiger charge is 2.22. The molecule has 10 aromatic carbocycles. The Morgan fingerprint density at radius 2 is 0.565 bits per heavy atom. The Morgan fingerprint density at radius 1 is 0.274 bits per heavy atom. The van der Waals surface area contributed by atoms with E-state index < -0.39 is 0 Å². The molecule has 0 aromatic heterocycles. The molecule has 0 aliphatic heterocycles. The van der Waals surface area contributed by atoms with Crippen LogP contribution < -0.4 is 18.9 Å². The van der Waals surface area contributed by atoms with Crippen LogP contribution in [0.15, 0.2) is 182 Å². The summed E-state index contributed by atoms with van der Waals surface area (Å²) in [4.78, 5) is 0. The van der Waals surface area contributed by atoms with Gasteiger partial charge in [0, 0.05) is 22.3 Å². The highest BCUT2D eigenvalue weighted by Crippen LogP contribution is 2.47. The zero-order valence-corrected chi connectivity index (χ0v) is 34.1. The van der Waals surface area contributed by atoms with Crippen LogP contribution >= 0.6 is 0 Å². The minimum Gasteiger partial charge on any atom is -0.491 e. The molecule has 10 rings (SSSR count). The van der Waals surface area contributed by atoms with Gasteiger partial charge in [0.1, 0.15) is 49.4 Å². The predicted octanol–water partition coefficient (Wildman–Crippen LogP) is 12.7. The van der Waals surface area contributed by atoms with Gasteiger partial charge in [0.2, 0.25) is 0 Å². The second kappa shape index (κ2) is 17.3. The van der Waals surface area contributed by atoms with Crippen LogP contribution in [0.3, 0.4) is 0 Å². The van der Waals surface area contributed by atoms with Crippen LogP contribution in [-0.4, -0.2) is 36.6 Å². The fraction of sp³-hybridized carbons (Fsp3) is 0.107. The van der Waals surface area contributed by atoms with Gasteiger partial charge in [-0.1, -0.05) is 158 Å². The van der Waals surface area contributed by atoms with Gasteiger partial charge < -0.3 is 29.2 Å². The van der Waals surface area contributed by atoms with E-state index in [0.717, 1.165) is 98.7 Å². The highest BCUT2D eigenvalue weighted by atomic mass is 16.5. The van der Waals surface area contributed by atoms with E-state index in [-0.39, 0.29) is 26.4 Å². The van der Waals surface area contributed by atoms with Crippen molar-refractivity contribution in [2.45, 2.75) is 13.2 Å². The van der Waals surface area contributed by atoms with Gasteiger partial charge in [-0.15, -0.1) is 0 Å². The smallest absolute Gasteiger partial charge is 0.128 e. The first-order valence-corrected chi connectivity index (χ1v) is 21.0. The van der Waals surface area contributed by atoms with Gasteiger partial charge in [-0.05, 0) is 89.3 Å². The van der Waals surface area contributed by atoms with Crippen LogP contribution in [0.2, 0.25) is 0 Å². The zero-order chi connectivity index (χ0) is 41.8. The van der Waals surface area contributed by atoms with Crippen molar-refractivity contribution < 1.29 is 29.2 Å². The van der Waals surface area contributed by atoms with Gasteiger partial charge in [-0.25, -0.2) is 0 Å². The van der Waals surface area contributed by atoms with Gasteiger partial charge in [0.25, 0.3) is 0 Å². The predicted molar refractivity (Wildman–Crippen MR) is 252 cm³/mol. The van der Waals surface area contributed by atoms with Crippen LogP contribution in [-0.2, 0) is 13.2 Å². The summed E-state index contributed by atoms with van der Waals surface area (Å²) < 4.78 is 26.2. The maximum Gasteiger partial charge on any atom is 0.128 e. The molecule has 0 amide bonds. The van der Waals surface area contributed by atoms with Crippen LogP contribution in [0.5, 0.6) is 23.0 Å². The van der Waals surface area contributed by atoms with E-state index >= 15 is 0 Å². The molecule has 0 saturated heterocycles. The highest BCUT2D eigenvalue weighted by molar-refractivity contribution is 6.11. The van der Waals surface area contributed by atoms with Gasteiger partial charge in [0.15, 0.2) is 0 Å². The molecule has 10 aromatic rings. The Labute approximate surface area is 359 Å². The second-order valence-corrected chi connectivity index (χ2v) is 15.3. The summed E-state index contributed by atoms with van der Waals surface area (Å²) >= 11 is 0. The average molecular weight is 813 g/mol. The maximum atomic E-state index is 9.74. The number of aliphatic hydroxyl groups is 2. The zero-order valence-electron chi connectivity index (χ0n) is 34.1. The summed E-state index contributed by atoms with van der Waals surface area (Å²) in [7, 11) is 0. The first-order chi connectivity index (χ1) is 30.7. The third-order valence-corrected chi connectivity index (χ3v) is 11.6. The average Bonchev–Trinajstić information content (AvgIpc) is 3.33. The molecule has 304 valence electrons. The Bertz CT molecular complexity index is 3030. The molecule has 0 bridgehead atoms. The fourth-order valence-corrected chi connectivity index (χ4v) is 8.83. The van der Waals surface area contributed by atoms with E-state index in [1.54, 1.807) is 0 Å². The van der Waals surface area contributed by atoms with Gasteiger partial charge in [0.05, 0.1) is 13.2 Å². The van der Waals surface area contributed by atoms with Crippen molar-refractivity contribution in [2.24, 2.45) is 0 Å². The summed E-state index contributed by atoms with van der Waals surface area (Å²) in [5.41, 5.74) is 5.86. The lowest BCUT2D eigenvalue weighted by Gasteiger charge is -2.20. The number of fused-ring (bicyclic) bond motifs is 5. The molecule has 0 unspecified atom stereocenters. The number of hydrogen-bond donors (Lipinski definition) is 2. The lowest BCUT2D eigenvalue weighted by atomic mass is 9.92. The fourth-order valence-electron chi connectivity index (χ4n) is 8.83. The van der Waals surface area contributed by atoms with Crippen molar-refractivity contribution in [3.8, 4) is 45.3 Å². The summed E-state index contributed by atoms with van der Waals surface area (Å²) in [6.45, 7) is 0.843. The van der Waals surface area contributed by atoms with Crippen LogP contribution in [0.1, 0.15) is 11.1 Å². The molecular weight excluding hydrogens is 769 g/mol. The monoisotopic (exact) mass is 812 g/mol. The van der Waals surface area contributed by atoms with Crippen molar-refractivity contribution in [1.82, 2.24) is 0 Å². The van der Waals surface area contributed by atoms with E-state index in [2.05, 4.69) is 133 Å². The van der Waals surface area contributed by atoms with Crippen molar-refractivity contribution in [3.05, 3.63) is 193 Å². The lowest BCUT2D eigenvalue weighted by Crippen LogP contribution is -2.05. The van der Waals surface area contributed by atoms with Crippen LogP contribution in [0.4, 0.5) is 0 Å². The molecule has 6 nitrogen and oxygen atoms in total. The van der Waals surface area contributed by atoms with E-state index in [9.17, 15) is 10.2 Å². The maximum absolute atomic E-state index is 9.74.